The predicted octanol–water partition coefficient (Wildman–Crippen LogP) is -0.556. The molecule has 0 radical (unpaired) electrons. The first-order valence-electron chi connectivity index (χ1n) is 4.57. The smallest absolute Gasteiger partial charge is 0.306 e. The molecule has 0 saturated carbocycles. The van der Waals surface area contributed by atoms with Crippen LogP contribution in [0.15, 0.2) is 0 Å². The first kappa shape index (κ1) is 15.3. The Morgan fingerprint density at radius 2 is 1.88 bits per heavy atom. The van der Waals surface area contributed by atoms with Crippen LogP contribution in [0, 0.1) is 0 Å². The van der Waals surface area contributed by atoms with E-state index in [0.29, 0.717) is 11.0 Å². The molecule has 0 fully saturated rings. The molecule has 1 unspecified atom stereocenters. The Morgan fingerprint density at radius 3 is 2.19 bits per heavy atom. The second-order valence-electron chi connectivity index (χ2n) is 4.56. The van der Waals surface area contributed by atoms with Gasteiger partial charge in [0, 0.05) is 0 Å². The van der Waals surface area contributed by atoms with Crippen LogP contribution < -0.4 is 0 Å². The molecule has 0 aromatic carbocycles. The summed E-state index contributed by atoms with van der Waals surface area (Å²) in [6.07, 6.45) is -0.297. The van der Waals surface area contributed by atoms with Crippen LogP contribution in [0.25, 0.3) is 0 Å². The van der Waals surface area contributed by atoms with Gasteiger partial charge in [-0.1, -0.05) is 0 Å². The number of hydrogen-bond donors (Lipinski definition) is 1. The van der Waals surface area contributed by atoms with Crippen molar-refractivity contribution >= 4 is 16.1 Å². The van der Waals surface area contributed by atoms with E-state index in [1.165, 1.54) is 0 Å². The molecule has 0 rings (SSSR count). The fraction of sp³-hybridized carbons (Fsp3) is 0.875. The average Bonchev–Trinajstić information content (AvgIpc) is 1.94. The van der Waals surface area contributed by atoms with Crippen molar-refractivity contribution in [3.63, 3.8) is 0 Å². The molecule has 16 heavy (non-hydrogen) atoms. The molecule has 0 spiro atoms. The number of carbonyl (C=O) groups is 1. The summed E-state index contributed by atoms with van der Waals surface area (Å²) in [7, 11) is 1.76. The van der Waals surface area contributed by atoms with Gasteiger partial charge in [-0.3, -0.25) is 4.79 Å². The van der Waals surface area contributed by atoms with Gasteiger partial charge in [-0.05, 0) is 0 Å². The van der Waals surface area contributed by atoms with Crippen molar-refractivity contribution in [1.29, 1.82) is 0 Å². The second-order valence-corrected chi connectivity index (χ2v) is 6.11. The first-order chi connectivity index (χ1) is 6.99. The number of carboxylic acids is 1. The van der Waals surface area contributed by atoms with E-state index in [9.17, 15) is 13.2 Å². The van der Waals surface area contributed by atoms with Crippen LogP contribution in [-0.2, 0) is 24.1 Å². The summed E-state index contributed by atoms with van der Waals surface area (Å²) < 4.78 is 25.9. The van der Waals surface area contributed by atoms with Gasteiger partial charge < -0.3 is 9.59 Å². The third-order valence-corrected chi connectivity index (χ3v) is 1.78. The van der Waals surface area contributed by atoms with Gasteiger partial charge in [0.1, 0.15) is 6.54 Å². The molecular formula is C8H18NO6S+. The lowest BCUT2D eigenvalue weighted by atomic mass is 10.2. The van der Waals surface area contributed by atoms with Crippen LogP contribution in [0.5, 0.6) is 0 Å². The van der Waals surface area contributed by atoms with Crippen LogP contribution in [0.3, 0.4) is 0 Å². The minimum atomic E-state index is -3.73. The molecule has 0 aromatic rings. The van der Waals surface area contributed by atoms with E-state index in [1.807, 2.05) is 21.1 Å². The summed E-state index contributed by atoms with van der Waals surface area (Å²) in [5.41, 5.74) is 0. The fourth-order valence-corrected chi connectivity index (χ4v) is 1.32. The van der Waals surface area contributed by atoms with Gasteiger partial charge in [0.25, 0.3) is 10.1 Å². The number of aliphatic carboxylic acids is 1. The lowest BCUT2D eigenvalue weighted by Gasteiger charge is -2.27. The lowest BCUT2D eigenvalue weighted by Crippen LogP contribution is -2.43. The molecule has 0 saturated heterocycles. The van der Waals surface area contributed by atoms with Crippen molar-refractivity contribution in [1.82, 2.24) is 0 Å². The van der Waals surface area contributed by atoms with Crippen LogP contribution >= 0.6 is 0 Å². The largest absolute Gasteiger partial charge is 0.481 e. The zero-order valence-corrected chi connectivity index (χ0v) is 10.7. The molecule has 7 nitrogen and oxygen atoms in total. The van der Waals surface area contributed by atoms with E-state index in [1.54, 1.807) is 0 Å². The van der Waals surface area contributed by atoms with Crippen molar-refractivity contribution in [3.8, 4) is 0 Å². The fourth-order valence-electron chi connectivity index (χ4n) is 1.06. The summed E-state index contributed by atoms with van der Waals surface area (Å²) in [5, 5.41) is 8.62. The van der Waals surface area contributed by atoms with E-state index >= 15 is 0 Å². The van der Waals surface area contributed by atoms with Crippen molar-refractivity contribution in [2.75, 3.05) is 33.9 Å². The predicted molar refractivity (Wildman–Crippen MR) is 56.0 cm³/mol. The number of rotatable bonds is 7. The van der Waals surface area contributed by atoms with Crippen LogP contribution in [-0.4, -0.2) is 64.0 Å². The highest BCUT2D eigenvalue weighted by atomic mass is 32.2. The number of likely N-dealkylation sites (N-methyl/N-ethyl adjacent to an activating group) is 1. The maximum atomic E-state index is 10.7. The van der Waals surface area contributed by atoms with Crippen molar-refractivity contribution in [2.24, 2.45) is 0 Å². The second kappa shape index (κ2) is 5.58. The standard InChI is InChI=1S/C8H17NO6S/c1-9(2,3)6-7(5-8(10)11)14-15-16(4,12)13/h7H,5-6H2,1-4H3/p+1. The lowest BCUT2D eigenvalue weighted by molar-refractivity contribution is -0.874. The van der Waals surface area contributed by atoms with Gasteiger partial charge in [0.2, 0.25) is 0 Å². The Kier molecular flexibility index (Phi) is 5.33. The molecule has 0 aliphatic heterocycles. The summed E-state index contributed by atoms with van der Waals surface area (Å²) in [4.78, 5) is 15.1. The van der Waals surface area contributed by atoms with Gasteiger partial charge in [0.05, 0.1) is 33.8 Å². The summed E-state index contributed by atoms with van der Waals surface area (Å²) >= 11 is 0. The number of hydrogen-bond acceptors (Lipinski definition) is 5. The molecule has 1 N–H and O–H groups in total. The van der Waals surface area contributed by atoms with Crippen molar-refractivity contribution < 1.29 is 32.0 Å². The van der Waals surface area contributed by atoms with Crippen LogP contribution in [0.4, 0.5) is 0 Å². The zero-order chi connectivity index (χ0) is 13.0. The maximum Gasteiger partial charge on any atom is 0.306 e. The van der Waals surface area contributed by atoms with Gasteiger partial charge >= 0.3 is 5.97 Å². The minimum Gasteiger partial charge on any atom is -0.481 e. The van der Waals surface area contributed by atoms with E-state index in [2.05, 4.69) is 9.22 Å². The van der Waals surface area contributed by atoms with E-state index in [-0.39, 0.29) is 6.42 Å². The third-order valence-electron chi connectivity index (χ3n) is 1.45. The van der Waals surface area contributed by atoms with E-state index < -0.39 is 22.2 Å². The molecule has 0 aromatic heterocycles. The van der Waals surface area contributed by atoms with E-state index in [0.717, 1.165) is 6.26 Å². The van der Waals surface area contributed by atoms with Crippen LogP contribution in [0.2, 0.25) is 0 Å². The van der Waals surface area contributed by atoms with Gasteiger partial charge in [-0.2, -0.15) is 8.42 Å². The normalized spacial score (nSPS) is 14.8. The van der Waals surface area contributed by atoms with Gasteiger partial charge in [-0.25, -0.2) is 4.89 Å². The highest BCUT2D eigenvalue weighted by molar-refractivity contribution is 7.85. The molecule has 0 bridgehead atoms. The summed E-state index contributed by atoms with van der Waals surface area (Å²) in [6.45, 7) is 0.321. The Morgan fingerprint density at radius 1 is 1.38 bits per heavy atom. The first-order valence-corrected chi connectivity index (χ1v) is 6.38. The van der Waals surface area contributed by atoms with Crippen LogP contribution in [0.1, 0.15) is 6.42 Å². The van der Waals surface area contributed by atoms with Crippen molar-refractivity contribution in [2.45, 2.75) is 12.5 Å². The molecule has 0 aliphatic rings. The van der Waals surface area contributed by atoms with Gasteiger partial charge in [-0.15, -0.1) is 4.33 Å². The minimum absolute atomic E-state index is 0.314. The Hall–Kier alpha value is -0.700. The Balaban J connectivity index is 4.38. The molecule has 0 aliphatic carbocycles. The number of carboxylic acid groups (broad SMARTS) is 1. The highest BCUT2D eigenvalue weighted by Crippen LogP contribution is 2.06. The highest BCUT2D eigenvalue weighted by Gasteiger charge is 2.24. The Bertz CT molecular complexity index is 331. The van der Waals surface area contributed by atoms with E-state index in [4.69, 9.17) is 5.11 Å². The maximum absolute atomic E-state index is 10.7. The zero-order valence-electron chi connectivity index (χ0n) is 9.84. The number of quaternary nitrogens is 1. The SMILES string of the molecule is C[N+](C)(C)CC(CC(=O)O)OOS(C)(=O)=O. The number of nitrogens with zero attached hydrogens (tertiary/aromatic N) is 1. The molecular weight excluding hydrogens is 238 g/mol. The average molecular weight is 256 g/mol. The van der Waals surface area contributed by atoms with Gasteiger partial charge in [0.15, 0.2) is 6.10 Å². The third kappa shape index (κ3) is 9.84. The van der Waals surface area contributed by atoms with Crippen molar-refractivity contribution in [3.05, 3.63) is 0 Å². The molecule has 1 atom stereocenters. The topological polar surface area (TPSA) is 89.9 Å². The monoisotopic (exact) mass is 256 g/mol. The molecule has 8 heteroatoms. The summed E-state index contributed by atoms with van der Waals surface area (Å²) in [6, 6.07) is 0. The Labute approximate surface area is 95.2 Å². The quantitative estimate of drug-likeness (QED) is 0.373. The molecule has 0 heterocycles. The summed E-state index contributed by atoms with van der Waals surface area (Å²) in [5.74, 6) is -1.07. The molecule has 96 valence electrons. The molecule has 0 amide bonds.